The van der Waals surface area contributed by atoms with Gasteiger partial charge in [-0.25, -0.2) is 9.18 Å². The van der Waals surface area contributed by atoms with Gasteiger partial charge in [-0.2, -0.15) is 0 Å². The van der Waals surface area contributed by atoms with Crippen LogP contribution in [0.4, 0.5) is 9.18 Å². The maximum Gasteiger partial charge on any atom is 0.315 e. The van der Waals surface area contributed by atoms with Gasteiger partial charge in [0.15, 0.2) is 5.82 Å². The lowest BCUT2D eigenvalue weighted by atomic mass is 9.84. The Morgan fingerprint density at radius 3 is 2.57 bits per heavy atom. The maximum atomic E-state index is 13.0. The van der Waals surface area contributed by atoms with Crippen LogP contribution >= 0.6 is 0 Å². The van der Waals surface area contributed by atoms with E-state index < -0.39 is 0 Å². The zero-order chi connectivity index (χ0) is 17.0. The minimum absolute atomic E-state index is 0.253. The number of rotatable bonds is 5. The van der Waals surface area contributed by atoms with Crippen molar-refractivity contribution in [2.45, 2.75) is 32.2 Å². The number of halogens is 1. The van der Waals surface area contributed by atoms with Crippen molar-refractivity contribution in [3.05, 3.63) is 47.8 Å². The van der Waals surface area contributed by atoms with Gasteiger partial charge in [-0.05, 0) is 24.6 Å². The lowest BCUT2D eigenvalue weighted by molar-refractivity contribution is 0.234. The lowest BCUT2D eigenvalue weighted by Crippen LogP contribution is -2.43. The molecule has 0 aliphatic carbocycles. The van der Waals surface area contributed by atoms with E-state index in [-0.39, 0.29) is 23.3 Å². The summed E-state index contributed by atoms with van der Waals surface area (Å²) in [5, 5.41) is 13.4. The Morgan fingerprint density at radius 1 is 1.35 bits per heavy atom. The molecule has 2 rings (SSSR count). The molecule has 1 aromatic heterocycles. The fourth-order valence-corrected chi connectivity index (χ4v) is 2.30. The summed E-state index contributed by atoms with van der Waals surface area (Å²) in [5.41, 5.74) is 0.652. The number of nitrogens with one attached hydrogen (secondary N) is 2. The van der Waals surface area contributed by atoms with E-state index in [2.05, 4.69) is 20.8 Å². The topological polar surface area (TPSA) is 71.8 Å². The second-order valence-electron chi connectivity index (χ2n) is 6.24. The van der Waals surface area contributed by atoms with Crippen molar-refractivity contribution in [3.8, 4) is 0 Å². The van der Waals surface area contributed by atoms with Crippen molar-refractivity contribution in [3.63, 3.8) is 0 Å². The van der Waals surface area contributed by atoms with E-state index in [1.165, 1.54) is 12.1 Å². The van der Waals surface area contributed by atoms with E-state index in [0.29, 0.717) is 12.4 Å². The van der Waals surface area contributed by atoms with E-state index >= 15 is 0 Å². The summed E-state index contributed by atoms with van der Waals surface area (Å²) < 4.78 is 14.8. The van der Waals surface area contributed by atoms with Gasteiger partial charge in [0.2, 0.25) is 0 Å². The smallest absolute Gasteiger partial charge is 0.315 e. The maximum absolute atomic E-state index is 13.0. The lowest BCUT2D eigenvalue weighted by Gasteiger charge is -2.26. The predicted molar refractivity (Wildman–Crippen MR) is 85.4 cm³/mol. The molecule has 0 aliphatic heterocycles. The molecule has 6 nitrogen and oxygen atoms in total. The molecule has 1 heterocycles. The molecule has 2 amide bonds. The SMILES string of the molecule is C[C@@H](NC(=O)NCC(C)(C)c1ccc(F)cc1)c1nncn1C. The third-order valence-electron chi connectivity index (χ3n) is 3.80. The molecule has 1 atom stereocenters. The van der Waals surface area contributed by atoms with Gasteiger partial charge in [0.1, 0.15) is 12.1 Å². The molecule has 0 aliphatic rings. The molecule has 1 aromatic carbocycles. The van der Waals surface area contributed by atoms with Crippen molar-refractivity contribution in [2.24, 2.45) is 7.05 Å². The Labute approximate surface area is 135 Å². The van der Waals surface area contributed by atoms with Crippen molar-refractivity contribution < 1.29 is 9.18 Å². The zero-order valence-electron chi connectivity index (χ0n) is 13.8. The number of urea groups is 1. The summed E-state index contributed by atoms with van der Waals surface area (Å²) in [6, 6.07) is 5.78. The molecule has 124 valence electrons. The fraction of sp³-hybridized carbons (Fsp3) is 0.438. The first-order chi connectivity index (χ1) is 10.8. The number of hydrogen-bond donors (Lipinski definition) is 2. The van der Waals surface area contributed by atoms with E-state index in [4.69, 9.17) is 0 Å². The van der Waals surface area contributed by atoms with Crippen LogP contribution in [0.15, 0.2) is 30.6 Å². The highest BCUT2D eigenvalue weighted by Gasteiger charge is 2.22. The summed E-state index contributed by atoms with van der Waals surface area (Å²) in [5.74, 6) is 0.408. The Balaban J connectivity index is 1.90. The fourth-order valence-electron chi connectivity index (χ4n) is 2.30. The summed E-state index contributed by atoms with van der Waals surface area (Å²) in [6.45, 7) is 6.25. The number of aromatic nitrogens is 3. The van der Waals surface area contributed by atoms with Crippen molar-refractivity contribution in [2.75, 3.05) is 6.54 Å². The van der Waals surface area contributed by atoms with Crippen LogP contribution < -0.4 is 10.6 Å². The molecule has 2 N–H and O–H groups in total. The minimum atomic E-state index is -0.306. The van der Waals surface area contributed by atoms with Crippen LogP contribution in [0.5, 0.6) is 0 Å². The molecule has 23 heavy (non-hydrogen) atoms. The Bertz CT molecular complexity index is 665. The average molecular weight is 319 g/mol. The molecular weight excluding hydrogens is 297 g/mol. The highest BCUT2D eigenvalue weighted by molar-refractivity contribution is 5.74. The van der Waals surface area contributed by atoms with Crippen LogP contribution in [0.25, 0.3) is 0 Å². The highest BCUT2D eigenvalue weighted by atomic mass is 19.1. The second kappa shape index (κ2) is 6.76. The highest BCUT2D eigenvalue weighted by Crippen LogP contribution is 2.22. The molecule has 2 aromatic rings. The van der Waals surface area contributed by atoms with Crippen molar-refractivity contribution in [1.29, 1.82) is 0 Å². The minimum Gasteiger partial charge on any atom is -0.337 e. The van der Waals surface area contributed by atoms with Gasteiger partial charge in [-0.1, -0.05) is 26.0 Å². The van der Waals surface area contributed by atoms with Gasteiger partial charge < -0.3 is 15.2 Å². The van der Waals surface area contributed by atoms with Crippen LogP contribution in [0.2, 0.25) is 0 Å². The molecule has 0 saturated heterocycles. The van der Waals surface area contributed by atoms with Crippen LogP contribution in [-0.4, -0.2) is 27.3 Å². The zero-order valence-corrected chi connectivity index (χ0v) is 13.8. The van der Waals surface area contributed by atoms with Gasteiger partial charge >= 0.3 is 6.03 Å². The Hall–Kier alpha value is -2.44. The number of carbonyl (C=O) groups excluding carboxylic acids is 1. The summed E-state index contributed by atoms with van der Waals surface area (Å²) in [4.78, 5) is 12.1. The standard InChI is InChI=1S/C16H22FN5O/c1-11(14-21-19-10-22(14)4)20-15(23)18-9-16(2,3)12-5-7-13(17)8-6-12/h5-8,10-11H,9H2,1-4H3,(H2,18,20,23)/t11-/m1/s1. The van der Waals surface area contributed by atoms with E-state index in [9.17, 15) is 9.18 Å². The third kappa shape index (κ3) is 4.28. The van der Waals surface area contributed by atoms with E-state index in [0.717, 1.165) is 5.56 Å². The largest absolute Gasteiger partial charge is 0.337 e. The van der Waals surface area contributed by atoms with Gasteiger partial charge in [0.25, 0.3) is 0 Å². The number of benzene rings is 1. The molecule has 0 bridgehead atoms. The number of hydrogen-bond acceptors (Lipinski definition) is 3. The summed E-state index contributed by atoms with van der Waals surface area (Å²) in [7, 11) is 1.82. The number of nitrogens with zero attached hydrogens (tertiary/aromatic N) is 3. The normalized spacial score (nSPS) is 12.7. The molecule has 0 spiro atoms. The number of carbonyl (C=O) groups is 1. The molecular formula is C16H22FN5O. The van der Waals surface area contributed by atoms with Gasteiger partial charge in [-0.15, -0.1) is 10.2 Å². The molecule has 0 radical (unpaired) electrons. The van der Waals surface area contributed by atoms with Gasteiger partial charge in [0, 0.05) is 19.0 Å². The second-order valence-corrected chi connectivity index (χ2v) is 6.24. The molecule has 0 fully saturated rings. The molecule has 0 saturated carbocycles. The number of aryl methyl sites for hydroxylation is 1. The first kappa shape index (κ1) is 16.9. The first-order valence-corrected chi connectivity index (χ1v) is 7.44. The summed E-state index contributed by atoms with van der Waals surface area (Å²) in [6.07, 6.45) is 1.59. The van der Waals surface area contributed by atoms with Crippen LogP contribution in [0.1, 0.15) is 38.2 Å². The predicted octanol–water partition coefficient (Wildman–Crippen LogP) is 2.29. The van der Waals surface area contributed by atoms with E-state index in [1.54, 1.807) is 23.0 Å². The molecule has 0 unspecified atom stereocenters. The summed E-state index contributed by atoms with van der Waals surface area (Å²) >= 11 is 0. The van der Waals surface area contributed by atoms with E-state index in [1.807, 2.05) is 27.8 Å². The third-order valence-corrected chi connectivity index (χ3v) is 3.80. The Morgan fingerprint density at radius 2 is 2.00 bits per heavy atom. The van der Waals surface area contributed by atoms with Crippen molar-refractivity contribution >= 4 is 6.03 Å². The Kier molecular flexibility index (Phi) is 4.98. The van der Waals surface area contributed by atoms with Crippen LogP contribution in [0.3, 0.4) is 0 Å². The average Bonchev–Trinajstić information content (AvgIpc) is 2.92. The van der Waals surface area contributed by atoms with Gasteiger partial charge in [-0.3, -0.25) is 0 Å². The van der Waals surface area contributed by atoms with Crippen LogP contribution in [-0.2, 0) is 12.5 Å². The van der Waals surface area contributed by atoms with Crippen molar-refractivity contribution in [1.82, 2.24) is 25.4 Å². The number of amides is 2. The van der Waals surface area contributed by atoms with Gasteiger partial charge in [0.05, 0.1) is 6.04 Å². The van der Waals surface area contributed by atoms with Crippen LogP contribution in [0, 0.1) is 5.82 Å². The molecule has 7 heteroatoms. The first-order valence-electron chi connectivity index (χ1n) is 7.44. The monoisotopic (exact) mass is 319 g/mol. The quantitative estimate of drug-likeness (QED) is 0.888.